The van der Waals surface area contributed by atoms with E-state index in [4.69, 9.17) is 18.0 Å². The van der Waals surface area contributed by atoms with Crippen molar-refractivity contribution in [1.82, 2.24) is 5.32 Å². The second-order valence-corrected chi connectivity index (χ2v) is 5.68. The van der Waals surface area contributed by atoms with Gasteiger partial charge in [-0.3, -0.25) is 4.79 Å². The van der Waals surface area contributed by atoms with Gasteiger partial charge in [-0.15, -0.1) is 0 Å². The van der Waals surface area contributed by atoms with Crippen LogP contribution in [0.1, 0.15) is 33.6 Å². The highest BCUT2D eigenvalue weighted by Crippen LogP contribution is 2.29. The number of carbonyl (C=O) groups is 1. The van der Waals surface area contributed by atoms with Gasteiger partial charge < -0.3 is 11.1 Å². The molecule has 0 aliphatic carbocycles. The third-order valence-electron chi connectivity index (χ3n) is 3.13. The lowest BCUT2D eigenvalue weighted by molar-refractivity contribution is -0.122. The Hall–Kier alpha value is -0.290. The molecule has 0 fully saturated rings. The molecule has 5 heteroatoms. The largest absolute Gasteiger partial charge is 0.393 e. The second kappa shape index (κ2) is 7.12. The van der Waals surface area contributed by atoms with E-state index in [1.54, 1.807) is 18.7 Å². The summed E-state index contributed by atoms with van der Waals surface area (Å²) in [7, 11) is 0. The average Bonchev–Trinajstić information content (AvgIpc) is 2.30. The Morgan fingerprint density at radius 2 is 2.00 bits per heavy atom. The molecule has 0 aromatic carbocycles. The fourth-order valence-electron chi connectivity index (χ4n) is 1.39. The van der Waals surface area contributed by atoms with Crippen molar-refractivity contribution in [1.29, 1.82) is 0 Å². The predicted octanol–water partition coefficient (Wildman–Crippen LogP) is 1.95. The quantitative estimate of drug-likeness (QED) is 0.689. The predicted molar refractivity (Wildman–Crippen MR) is 75.8 cm³/mol. The summed E-state index contributed by atoms with van der Waals surface area (Å²) in [6.45, 7) is 6.69. The van der Waals surface area contributed by atoms with Crippen LogP contribution >= 0.6 is 24.0 Å². The molecule has 0 saturated carbocycles. The molecule has 16 heavy (non-hydrogen) atoms. The van der Waals surface area contributed by atoms with Crippen LogP contribution in [0.4, 0.5) is 0 Å². The summed E-state index contributed by atoms with van der Waals surface area (Å²) in [5, 5.41) is 2.93. The van der Waals surface area contributed by atoms with Gasteiger partial charge in [-0.05, 0) is 26.0 Å². The number of carbonyl (C=O) groups excluding carboxylic acids is 1. The lowest BCUT2D eigenvalue weighted by Gasteiger charge is -2.30. The first kappa shape index (κ1) is 15.7. The van der Waals surface area contributed by atoms with Gasteiger partial charge in [-0.1, -0.05) is 26.1 Å². The maximum atomic E-state index is 11.7. The first-order chi connectivity index (χ1) is 7.42. The number of nitrogens with two attached hydrogens (primary N) is 1. The van der Waals surface area contributed by atoms with Gasteiger partial charge in [-0.25, -0.2) is 0 Å². The molecule has 1 amide bonds. The van der Waals surface area contributed by atoms with E-state index in [-0.39, 0.29) is 21.6 Å². The molecule has 0 rings (SSSR count). The van der Waals surface area contributed by atoms with E-state index in [1.807, 2.05) is 0 Å². The van der Waals surface area contributed by atoms with Crippen LogP contribution in [0.15, 0.2) is 0 Å². The van der Waals surface area contributed by atoms with Gasteiger partial charge in [0.05, 0.1) is 10.9 Å². The molecule has 0 spiro atoms. The van der Waals surface area contributed by atoms with Gasteiger partial charge >= 0.3 is 0 Å². The SMILES string of the molecule is CCC(CC)(CNC(=O)C(C)C(N)=S)SC. The van der Waals surface area contributed by atoms with Crippen LogP contribution in [0.2, 0.25) is 0 Å². The van der Waals surface area contributed by atoms with Crippen LogP contribution in [0.5, 0.6) is 0 Å². The van der Waals surface area contributed by atoms with Crippen molar-refractivity contribution >= 4 is 34.9 Å². The molecule has 0 aromatic rings. The summed E-state index contributed by atoms with van der Waals surface area (Å²) < 4.78 is 0.131. The average molecular weight is 262 g/mol. The zero-order chi connectivity index (χ0) is 12.8. The first-order valence-corrected chi connectivity index (χ1v) is 7.18. The molecule has 0 bridgehead atoms. The minimum atomic E-state index is -0.386. The monoisotopic (exact) mass is 262 g/mol. The lowest BCUT2D eigenvalue weighted by Crippen LogP contribution is -2.43. The molecule has 3 N–H and O–H groups in total. The Morgan fingerprint density at radius 3 is 2.31 bits per heavy atom. The number of nitrogens with one attached hydrogen (secondary N) is 1. The standard InChI is InChI=1S/C11H22N2OS2/c1-5-11(6-2,16-4)7-13-10(14)8(3)9(12)15/h8H,5-7H2,1-4H3,(H2,12,15)(H,13,14). The summed E-state index contributed by atoms with van der Waals surface area (Å²) in [5.74, 6) is -0.462. The van der Waals surface area contributed by atoms with Crippen LogP contribution in [0.25, 0.3) is 0 Å². The van der Waals surface area contributed by atoms with Crippen LogP contribution in [-0.4, -0.2) is 28.4 Å². The molecule has 0 aliphatic heterocycles. The third kappa shape index (κ3) is 4.29. The fraction of sp³-hybridized carbons (Fsp3) is 0.818. The van der Waals surface area contributed by atoms with E-state index >= 15 is 0 Å². The minimum Gasteiger partial charge on any atom is -0.393 e. The molecule has 0 saturated heterocycles. The van der Waals surface area contributed by atoms with Crippen molar-refractivity contribution in [2.24, 2.45) is 11.7 Å². The van der Waals surface area contributed by atoms with E-state index in [9.17, 15) is 4.79 Å². The third-order valence-corrected chi connectivity index (χ3v) is 5.07. The first-order valence-electron chi connectivity index (χ1n) is 5.54. The van der Waals surface area contributed by atoms with Gasteiger partial charge in [-0.2, -0.15) is 11.8 Å². The smallest absolute Gasteiger partial charge is 0.229 e. The van der Waals surface area contributed by atoms with Crippen LogP contribution in [0.3, 0.4) is 0 Å². The normalized spacial score (nSPS) is 13.2. The Morgan fingerprint density at radius 1 is 1.50 bits per heavy atom. The van der Waals surface area contributed by atoms with Gasteiger partial charge in [0.1, 0.15) is 0 Å². The summed E-state index contributed by atoms with van der Waals surface area (Å²) in [6, 6.07) is 0. The van der Waals surface area contributed by atoms with E-state index in [1.165, 1.54) is 0 Å². The van der Waals surface area contributed by atoms with Crippen LogP contribution in [0, 0.1) is 5.92 Å². The van der Waals surface area contributed by atoms with Crippen molar-refractivity contribution in [3.05, 3.63) is 0 Å². The molecule has 0 aliphatic rings. The fourth-order valence-corrected chi connectivity index (χ4v) is 2.29. The molecule has 0 aromatic heterocycles. The number of amides is 1. The number of hydrogen-bond acceptors (Lipinski definition) is 3. The summed E-state index contributed by atoms with van der Waals surface area (Å²) in [5.41, 5.74) is 5.44. The molecule has 3 nitrogen and oxygen atoms in total. The van der Waals surface area contributed by atoms with Crippen molar-refractivity contribution in [3.63, 3.8) is 0 Å². The molecule has 0 radical (unpaired) electrons. The van der Waals surface area contributed by atoms with E-state index < -0.39 is 0 Å². The Labute approximate surface area is 108 Å². The maximum Gasteiger partial charge on any atom is 0.229 e. The maximum absolute atomic E-state index is 11.7. The van der Waals surface area contributed by atoms with E-state index in [0.29, 0.717) is 6.54 Å². The highest BCUT2D eigenvalue weighted by Gasteiger charge is 2.26. The molecule has 0 heterocycles. The van der Waals surface area contributed by atoms with Crippen molar-refractivity contribution in [3.8, 4) is 0 Å². The summed E-state index contributed by atoms with van der Waals surface area (Å²) in [4.78, 5) is 11.9. The molecule has 1 atom stereocenters. The lowest BCUT2D eigenvalue weighted by atomic mass is 10.0. The number of thiocarbonyl (C=S) groups is 1. The Bertz CT molecular complexity index is 244. The Balaban J connectivity index is 4.32. The summed E-state index contributed by atoms with van der Waals surface area (Å²) in [6.07, 6.45) is 4.15. The zero-order valence-electron chi connectivity index (χ0n) is 10.5. The Kier molecular flexibility index (Phi) is 6.99. The van der Waals surface area contributed by atoms with E-state index in [0.717, 1.165) is 12.8 Å². The number of rotatable bonds is 7. The van der Waals surface area contributed by atoms with E-state index in [2.05, 4.69) is 25.4 Å². The zero-order valence-corrected chi connectivity index (χ0v) is 12.1. The topological polar surface area (TPSA) is 55.1 Å². The number of thioether (sulfide) groups is 1. The molecular formula is C11H22N2OS2. The second-order valence-electron chi connectivity index (χ2n) is 3.94. The van der Waals surface area contributed by atoms with Crippen LogP contribution < -0.4 is 11.1 Å². The van der Waals surface area contributed by atoms with Gasteiger partial charge in [0.2, 0.25) is 5.91 Å². The summed E-state index contributed by atoms with van der Waals surface area (Å²) >= 11 is 6.60. The van der Waals surface area contributed by atoms with Crippen LogP contribution in [-0.2, 0) is 4.79 Å². The molecular weight excluding hydrogens is 240 g/mol. The van der Waals surface area contributed by atoms with Crippen molar-refractivity contribution < 1.29 is 4.79 Å². The highest BCUT2D eigenvalue weighted by molar-refractivity contribution is 8.00. The van der Waals surface area contributed by atoms with Crippen molar-refractivity contribution in [2.75, 3.05) is 12.8 Å². The van der Waals surface area contributed by atoms with Gasteiger partial charge in [0, 0.05) is 11.3 Å². The van der Waals surface area contributed by atoms with Gasteiger partial charge in [0.25, 0.3) is 0 Å². The number of hydrogen-bond donors (Lipinski definition) is 2. The van der Waals surface area contributed by atoms with Crippen molar-refractivity contribution in [2.45, 2.75) is 38.4 Å². The highest BCUT2D eigenvalue weighted by atomic mass is 32.2. The molecule has 1 unspecified atom stereocenters. The minimum absolute atomic E-state index is 0.0761. The molecule has 94 valence electrons. The van der Waals surface area contributed by atoms with Gasteiger partial charge in [0.15, 0.2) is 0 Å².